The van der Waals surface area contributed by atoms with Crippen molar-refractivity contribution in [2.24, 2.45) is 0 Å². The van der Waals surface area contributed by atoms with E-state index in [9.17, 15) is 15.3 Å². The van der Waals surface area contributed by atoms with Crippen molar-refractivity contribution in [3.8, 4) is 0 Å². The van der Waals surface area contributed by atoms with E-state index in [2.05, 4.69) is 5.32 Å². The van der Waals surface area contributed by atoms with Gasteiger partial charge < -0.3 is 25.4 Å². The Hall–Kier alpha value is -1.14. The molecule has 0 unspecified atom stereocenters. The van der Waals surface area contributed by atoms with Gasteiger partial charge in [0.1, 0.15) is 18.3 Å². The fourth-order valence-corrected chi connectivity index (χ4v) is 1.75. The molecule has 0 bridgehead atoms. The van der Waals surface area contributed by atoms with Gasteiger partial charge in [-0.15, -0.1) is 0 Å². The molecular formula is C12H17NO4. The fourth-order valence-electron chi connectivity index (χ4n) is 1.75. The maximum Gasteiger partial charge on any atom is 0.156 e. The van der Waals surface area contributed by atoms with Crippen LogP contribution in [0.4, 0.5) is 5.69 Å². The van der Waals surface area contributed by atoms with E-state index < -0.39 is 24.5 Å². The molecule has 0 radical (unpaired) electrons. The van der Waals surface area contributed by atoms with E-state index in [-0.39, 0.29) is 6.61 Å². The van der Waals surface area contributed by atoms with Crippen LogP contribution in [0.3, 0.4) is 0 Å². The van der Waals surface area contributed by atoms with Crippen molar-refractivity contribution in [3.05, 3.63) is 29.8 Å². The Bertz CT molecular complexity index is 367. The van der Waals surface area contributed by atoms with E-state index >= 15 is 0 Å². The highest BCUT2D eigenvalue weighted by Crippen LogP contribution is 2.18. The SMILES string of the molecule is Cc1ccc(N[C@@H]2OC[C@@H](O)[C@@H](O)[C@H]2O)cc1. The molecule has 1 aliphatic rings. The number of anilines is 1. The van der Waals surface area contributed by atoms with Crippen LogP contribution in [0.15, 0.2) is 24.3 Å². The minimum absolute atomic E-state index is 0.00174. The number of benzene rings is 1. The molecule has 17 heavy (non-hydrogen) atoms. The van der Waals surface area contributed by atoms with Gasteiger partial charge >= 0.3 is 0 Å². The van der Waals surface area contributed by atoms with Crippen LogP contribution in [0.25, 0.3) is 0 Å². The Morgan fingerprint density at radius 3 is 2.41 bits per heavy atom. The third-order valence-electron chi connectivity index (χ3n) is 2.86. The summed E-state index contributed by atoms with van der Waals surface area (Å²) in [5.74, 6) is 0. The molecule has 0 spiro atoms. The molecule has 1 aromatic rings. The first-order valence-corrected chi connectivity index (χ1v) is 5.57. The number of hydrogen-bond donors (Lipinski definition) is 4. The number of ether oxygens (including phenoxy) is 1. The van der Waals surface area contributed by atoms with Crippen LogP contribution in [-0.2, 0) is 4.74 Å². The maximum atomic E-state index is 9.73. The van der Waals surface area contributed by atoms with Crippen LogP contribution in [-0.4, -0.2) is 46.5 Å². The van der Waals surface area contributed by atoms with Crippen LogP contribution in [0.5, 0.6) is 0 Å². The molecule has 94 valence electrons. The molecule has 5 heteroatoms. The summed E-state index contributed by atoms with van der Waals surface area (Å²) >= 11 is 0. The van der Waals surface area contributed by atoms with Crippen molar-refractivity contribution < 1.29 is 20.1 Å². The molecule has 5 nitrogen and oxygen atoms in total. The average molecular weight is 239 g/mol. The first-order valence-electron chi connectivity index (χ1n) is 5.57. The van der Waals surface area contributed by atoms with Crippen molar-refractivity contribution in [1.29, 1.82) is 0 Å². The largest absolute Gasteiger partial charge is 0.388 e. The normalized spacial score (nSPS) is 33.4. The van der Waals surface area contributed by atoms with Crippen LogP contribution in [0.1, 0.15) is 5.56 Å². The van der Waals surface area contributed by atoms with Gasteiger partial charge in [0, 0.05) is 5.69 Å². The molecule has 0 amide bonds. The molecule has 1 aliphatic heterocycles. The van der Waals surface area contributed by atoms with Crippen molar-refractivity contribution in [1.82, 2.24) is 0 Å². The molecule has 0 saturated carbocycles. The monoisotopic (exact) mass is 239 g/mol. The summed E-state index contributed by atoms with van der Waals surface area (Å²) in [7, 11) is 0. The van der Waals surface area contributed by atoms with Gasteiger partial charge in [-0.05, 0) is 19.1 Å². The Labute approximate surface area is 99.7 Å². The number of aliphatic hydroxyl groups is 3. The molecule has 2 rings (SSSR count). The highest BCUT2D eigenvalue weighted by Gasteiger charge is 2.37. The predicted octanol–water partition coefficient (Wildman–Crippen LogP) is -0.154. The van der Waals surface area contributed by atoms with E-state index in [1.54, 1.807) is 0 Å². The zero-order chi connectivity index (χ0) is 12.4. The second-order valence-electron chi connectivity index (χ2n) is 4.31. The number of hydrogen-bond acceptors (Lipinski definition) is 5. The van der Waals surface area contributed by atoms with Gasteiger partial charge in [-0.25, -0.2) is 0 Å². The zero-order valence-corrected chi connectivity index (χ0v) is 9.58. The third kappa shape index (κ3) is 2.76. The minimum Gasteiger partial charge on any atom is -0.388 e. The Balaban J connectivity index is 2.01. The number of aliphatic hydroxyl groups excluding tert-OH is 3. The number of aryl methyl sites for hydroxylation is 1. The van der Waals surface area contributed by atoms with Crippen molar-refractivity contribution in [2.45, 2.75) is 31.5 Å². The lowest BCUT2D eigenvalue weighted by Crippen LogP contribution is -2.55. The predicted molar refractivity (Wildman–Crippen MR) is 62.6 cm³/mol. The van der Waals surface area contributed by atoms with Crippen molar-refractivity contribution in [2.75, 3.05) is 11.9 Å². The summed E-state index contributed by atoms with van der Waals surface area (Å²) in [5.41, 5.74) is 1.93. The Morgan fingerprint density at radius 2 is 1.76 bits per heavy atom. The molecule has 4 N–H and O–H groups in total. The Morgan fingerprint density at radius 1 is 1.12 bits per heavy atom. The summed E-state index contributed by atoms with van der Waals surface area (Å²) in [6.07, 6.45) is -4.09. The standard InChI is InChI=1S/C12H17NO4/c1-7-2-4-8(5-3-7)13-12-11(16)10(15)9(14)6-17-12/h2-5,9-16H,6H2,1H3/t9-,10-,11-,12-/m1/s1. The summed E-state index contributed by atoms with van der Waals surface area (Å²) in [6.45, 7) is 1.98. The molecule has 1 saturated heterocycles. The van der Waals surface area contributed by atoms with E-state index in [1.807, 2.05) is 31.2 Å². The molecule has 1 heterocycles. The van der Waals surface area contributed by atoms with Gasteiger partial charge in [0.15, 0.2) is 6.23 Å². The van der Waals surface area contributed by atoms with Gasteiger partial charge in [-0.2, -0.15) is 0 Å². The van der Waals surface area contributed by atoms with E-state index in [1.165, 1.54) is 0 Å². The summed E-state index contributed by atoms with van der Waals surface area (Å²) in [6, 6.07) is 7.59. The van der Waals surface area contributed by atoms with Gasteiger partial charge in [-0.3, -0.25) is 0 Å². The lowest BCUT2D eigenvalue weighted by molar-refractivity contribution is -0.178. The summed E-state index contributed by atoms with van der Waals surface area (Å²) in [5, 5.41) is 31.5. The van der Waals surface area contributed by atoms with Gasteiger partial charge in [0.05, 0.1) is 6.61 Å². The van der Waals surface area contributed by atoms with Crippen LogP contribution in [0.2, 0.25) is 0 Å². The van der Waals surface area contributed by atoms with Gasteiger partial charge in [0.2, 0.25) is 0 Å². The zero-order valence-electron chi connectivity index (χ0n) is 9.58. The molecule has 1 aromatic carbocycles. The average Bonchev–Trinajstić information content (AvgIpc) is 2.33. The second-order valence-corrected chi connectivity index (χ2v) is 4.31. The van der Waals surface area contributed by atoms with Crippen LogP contribution in [0, 0.1) is 6.92 Å². The number of rotatable bonds is 2. The minimum atomic E-state index is -1.19. The molecular weight excluding hydrogens is 222 g/mol. The molecule has 4 atom stereocenters. The van der Waals surface area contributed by atoms with E-state index in [0.717, 1.165) is 11.3 Å². The molecule has 1 fully saturated rings. The van der Waals surface area contributed by atoms with Gasteiger partial charge in [0.25, 0.3) is 0 Å². The summed E-state index contributed by atoms with van der Waals surface area (Å²) < 4.78 is 5.24. The maximum absolute atomic E-state index is 9.73. The van der Waals surface area contributed by atoms with Crippen molar-refractivity contribution >= 4 is 5.69 Å². The molecule has 0 aliphatic carbocycles. The summed E-state index contributed by atoms with van der Waals surface area (Å²) in [4.78, 5) is 0. The second kappa shape index (κ2) is 5.01. The van der Waals surface area contributed by atoms with Gasteiger partial charge in [-0.1, -0.05) is 17.7 Å². The van der Waals surface area contributed by atoms with Crippen LogP contribution >= 0.6 is 0 Å². The Kier molecular flexibility index (Phi) is 3.63. The number of nitrogens with one attached hydrogen (secondary N) is 1. The van der Waals surface area contributed by atoms with Crippen LogP contribution < -0.4 is 5.32 Å². The molecule has 0 aromatic heterocycles. The highest BCUT2D eigenvalue weighted by atomic mass is 16.5. The topological polar surface area (TPSA) is 82.0 Å². The lowest BCUT2D eigenvalue weighted by Gasteiger charge is -2.35. The first kappa shape index (κ1) is 12.3. The van der Waals surface area contributed by atoms with Crippen molar-refractivity contribution in [3.63, 3.8) is 0 Å². The fraction of sp³-hybridized carbons (Fsp3) is 0.500. The highest BCUT2D eigenvalue weighted by molar-refractivity contribution is 5.45. The quantitative estimate of drug-likeness (QED) is 0.577. The van der Waals surface area contributed by atoms with E-state index in [0.29, 0.717) is 0 Å². The third-order valence-corrected chi connectivity index (χ3v) is 2.86. The van der Waals surface area contributed by atoms with E-state index in [4.69, 9.17) is 4.74 Å². The first-order chi connectivity index (χ1) is 8.08. The smallest absolute Gasteiger partial charge is 0.156 e. The lowest BCUT2D eigenvalue weighted by atomic mass is 10.0.